The summed E-state index contributed by atoms with van der Waals surface area (Å²) in [4.78, 5) is 38.5. The Morgan fingerprint density at radius 1 is 1.03 bits per heavy atom. The van der Waals surface area contributed by atoms with E-state index in [1.807, 2.05) is 31.2 Å². The average molecular weight is 463 g/mol. The lowest BCUT2D eigenvalue weighted by molar-refractivity contribution is -0.153. The number of ether oxygens (including phenoxy) is 1. The van der Waals surface area contributed by atoms with Crippen molar-refractivity contribution >= 4 is 18.0 Å². The summed E-state index contributed by atoms with van der Waals surface area (Å²) in [5, 5.41) is 12.3. The van der Waals surface area contributed by atoms with Crippen LogP contribution in [0.4, 0.5) is 4.79 Å². The van der Waals surface area contributed by atoms with Crippen LogP contribution >= 0.6 is 0 Å². The van der Waals surface area contributed by atoms with Crippen LogP contribution in [0.2, 0.25) is 0 Å². The summed E-state index contributed by atoms with van der Waals surface area (Å²) in [6, 6.07) is 15.6. The molecule has 1 saturated carbocycles. The number of carboxylic acid groups (broad SMARTS) is 1. The number of piperidine rings is 1. The highest BCUT2D eigenvalue weighted by Gasteiger charge is 2.48. The van der Waals surface area contributed by atoms with Gasteiger partial charge in [-0.15, -0.1) is 0 Å². The van der Waals surface area contributed by atoms with E-state index in [0.29, 0.717) is 31.8 Å². The van der Waals surface area contributed by atoms with Crippen LogP contribution in [0.3, 0.4) is 0 Å². The minimum Gasteiger partial charge on any atom is -0.480 e. The molecule has 3 aliphatic rings. The topological polar surface area (TPSA) is 95.9 Å². The molecule has 2 aromatic rings. The number of carbonyl (C=O) groups excluding carboxylic acids is 2. The van der Waals surface area contributed by atoms with Gasteiger partial charge in [0.2, 0.25) is 5.91 Å². The third-order valence-electron chi connectivity index (χ3n) is 7.48. The Labute approximate surface area is 199 Å². The molecule has 2 N–H and O–H groups in total. The number of nitrogens with one attached hydrogen (secondary N) is 1. The van der Waals surface area contributed by atoms with Crippen LogP contribution in [0.5, 0.6) is 0 Å². The van der Waals surface area contributed by atoms with Crippen molar-refractivity contribution in [2.75, 3.05) is 19.7 Å². The Morgan fingerprint density at radius 3 is 2.32 bits per heavy atom. The maximum Gasteiger partial charge on any atom is 0.407 e. The molecule has 0 spiro atoms. The number of fused-ring (bicyclic) bond motifs is 3. The number of alkyl carbamates (subject to hydrolysis) is 1. The number of benzene rings is 2. The van der Waals surface area contributed by atoms with Gasteiger partial charge in [0.05, 0.1) is 0 Å². The van der Waals surface area contributed by atoms with Crippen molar-refractivity contribution in [1.82, 2.24) is 10.2 Å². The third-order valence-corrected chi connectivity index (χ3v) is 7.48. The van der Waals surface area contributed by atoms with Crippen molar-refractivity contribution in [1.29, 1.82) is 0 Å². The van der Waals surface area contributed by atoms with Crippen molar-refractivity contribution in [2.45, 2.75) is 38.1 Å². The van der Waals surface area contributed by atoms with Gasteiger partial charge in [0.15, 0.2) is 0 Å². The van der Waals surface area contributed by atoms with E-state index in [-0.39, 0.29) is 30.3 Å². The van der Waals surface area contributed by atoms with E-state index >= 15 is 0 Å². The smallest absolute Gasteiger partial charge is 0.407 e. The minimum absolute atomic E-state index is 0.00226. The highest BCUT2D eigenvalue weighted by molar-refractivity contribution is 5.87. The first kappa shape index (κ1) is 22.4. The van der Waals surface area contributed by atoms with E-state index in [9.17, 15) is 19.5 Å². The number of rotatable bonds is 6. The second-order valence-electron chi connectivity index (χ2n) is 9.84. The summed E-state index contributed by atoms with van der Waals surface area (Å²) in [5.41, 5.74) is 4.68. The molecule has 0 radical (unpaired) electrons. The summed E-state index contributed by atoms with van der Waals surface area (Å²) < 4.78 is 5.57. The number of likely N-dealkylation sites (tertiary alicyclic amines) is 1. The zero-order valence-corrected chi connectivity index (χ0v) is 19.3. The molecule has 0 bridgehead atoms. The Kier molecular flexibility index (Phi) is 6.02. The molecule has 34 heavy (non-hydrogen) atoms. The van der Waals surface area contributed by atoms with E-state index in [2.05, 4.69) is 29.6 Å². The van der Waals surface area contributed by atoms with E-state index in [4.69, 9.17) is 4.74 Å². The largest absolute Gasteiger partial charge is 0.480 e. The minimum atomic E-state index is -0.936. The molecule has 2 fully saturated rings. The normalized spacial score (nSPS) is 25.3. The number of carbonyl (C=O) groups is 3. The molecule has 5 rings (SSSR count). The average Bonchev–Trinajstić information content (AvgIpc) is 3.55. The lowest BCUT2D eigenvalue weighted by atomic mass is 9.93. The van der Waals surface area contributed by atoms with Gasteiger partial charge in [-0.2, -0.15) is 0 Å². The lowest BCUT2D eigenvalue weighted by Gasteiger charge is -2.36. The highest BCUT2D eigenvalue weighted by atomic mass is 16.5. The van der Waals surface area contributed by atoms with E-state index in [0.717, 1.165) is 17.5 Å². The van der Waals surface area contributed by atoms with Gasteiger partial charge >= 0.3 is 12.1 Å². The predicted octanol–water partition coefficient (Wildman–Crippen LogP) is 3.87. The molecule has 178 valence electrons. The van der Waals surface area contributed by atoms with Gasteiger partial charge in [-0.05, 0) is 53.4 Å². The summed E-state index contributed by atoms with van der Waals surface area (Å²) in [5.74, 6) is -0.925. The molecule has 2 aromatic carbocycles. The molecule has 2 amide bonds. The number of hydrogen-bond donors (Lipinski definition) is 2. The van der Waals surface area contributed by atoms with Crippen molar-refractivity contribution < 1.29 is 24.2 Å². The van der Waals surface area contributed by atoms with Gasteiger partial charge in [0, 0.05) is 24.9 Å². The molecular weight excluding hydrogens is 432 g/mol. The van der Waals surface area contributed by atoms with E-state index < -0.39 is 18.1 Å². The predicted molar refractivity (Wildman–Crippen MR) is 126 cm³/mol. The third kappa shape index (κ3) is 4.27. The van der Waals surface area contributed by atoms with E-state index in [1.54, 1.807) is 0 Å². The molecule has 1 aliphatic heterocycles. The molecule has 2 unspecified atom stereocenters. The quantitative estimate of drug-likeness (QED) is 0.679. The maximum atomic E-state index is 12.9. The summed E-state index contributed by atoms with van der Waals surface area (Å²) in [6.45, 7) is 3.13. The van der Waals surface area contributed by atoms with Crippen molar-refractivity contribution in [3.8, 4) is 11.1 Å². The molecule has 0 aromatic heterocycles. The fourth-order valence-electron chi connectivity index (χ4n) is 5.51. The molecule has 4 atom stereocenters. The van der Waals surface area contributed by atoms with Gasteiger partial charge in [-0.1, -0.05) is 55.5 Å². The van der Waals surface area contributed by atoms with Crippen molar-refractivity contribution in [2.24, 2.45) is 17.8 Å². The number of aliphatic carboxylic acids is 1. The first-order chi connectivity index (χ1) is 16.4. The van der Waals surface area contributed by atoms with Crippen LogP contribution in [-0.2, 0) is 14.3 Å². The second-order valence-corrected chi connectivity index (χ2v) is 9.84. The monoisotopic (exact) mass is 462 g/mol. The van der Waals surface area contributed by atoms with Crippen LogP contribution < -0.4 is 5.32 Å². The van der Waals surface area contributed by atoms with Gasteiger partial charge in [0.25, 0.3) is 0 Å². The van der Waals surface area contributed by atoms with Gasteiger partial charge in [0.1, 0.15) is 12.6 Å². The zero-order chi connectivity index (χ0) is 23.8. The van der Waals surface area contributed by atoms with Crippen molar-refractivity contribution in [3.05, 3.63) is 59.7 Å². The summed E-state index contributed by atoms with van der Waals surface area (Å²) >= 11 is 0. The Morgan fingerprint density at radius 2 is 1.68 bits per heavy atom. The van der Waals surface area contributed by atoms with Gasteiger partial charge in [-0.3, -0.25) is 4.79 Å². The molecule has 7 heteroatoms. The molecule has 1 heterocycles. The second kappa shape index (κ2) is 9.12. The highest BCUT2D eigenvalue weighted by Crippen LogP contribution is 2.44. The number of nitrogens with zero attached hydrogens (tertiary/aromatic N) is 1. The molecular formula is C27H30N2O5. The summed E-state index contributed by atoms with van der Waals surface area (Å²) in [6.07, 6.45) is 1.49. The molecule has 7 nitrogen and oxygen atoms in total. The molecule has 2 aliphatic carbocycles. The van der Waals surface area contributed by atoms with E-state index in [1.165, 1.54) is 16.0 Å². The van der Waals surface area contributed by atoms with Gasteiger partial charge < -0.3 is 20.1 Å². The van der Waals surface area contributed by atoms with Crippen LogP contribution in [0, 0.1) is 17.8 Å². The Hall–Kier alpha value is -3.35. The van der Waals surface area contributed by atoms with Crippen LogP contribution in [0.25, 0.3) is 11.1 Å². The Balaban J connectivity index is 1.13. The number of amides is 2. The number of hydrogen-bond acceptors (Lipinski definition) is 4. The standard InChI is InChI=1S/C27H30N2O5/c1-16-10-11-24(26(31)32)29(14-16)25(30)22-12-17(22)13-28-27(33)34-15-23-20-8-4-2-6-18(20)19-7-3-5-9-21(19)23/h2-9,16-17,22-24H,10-15H2,1H3,(H,28,33)(H,31,32)/t16?,17-,22-,24?/m0/s1. The maximum absolute atomic E-state index is 12.9. The van der Waals surface area contributed by atoms with Gasteiger partial charge in [-0.25, -0.2) is 9.59 Å². The SMILES string of the molecule is CC1CCC(C(=O)O)N(C(=O)[C@H]2C[C@H]2CNC(=O)OCC2c3ccccc3-c3ccccc32)C1. The first-order valence-electron chi connectivity index (χ1n) is 12.1. The lowest BCUT2D eigenvalue weighted by Crippen LogP contribution is -2.51. The van der Waals surface area contributed by atoms with Crippen LogP contribution in [0.15, 0.2) is 48.5 Å². The molecule has 1 saturated heterocycles. The first-order valence-corrected chi connectivity index (χ1v) is 12.1. The summed E-state index contributed by atoms with van der Waals surface area (Å²) in [7, 11) is 0. The fraction of sp³-hybridized carbons (Fsp3) is 0.444. The van der Waals surface area contributed by atoms with Crippen LogP contribution in [-0.4, -0.2) is 53.7 Å². The van der Waals surface area contributed by atoms with Crippen LogP contribution in [0.1, 0.15) is 43.2 Å². The number of carboxylic acids is 1. The fourth-order valence-corrected chi connectivity index (χ4v) is 5.51. The Bertz CT molecular complexity index is 1070. The van der Waals surface area contributed by atoms with Crippen molar-refractivity contribution in [3.63, 3.8) is 0 Å². The zero-order valence-electron chi connectivity index (χ0n) is 19.3.